The zero-order chi connectivity index (χ0) is 3.58. The van der Waals surface area contributed by atoms with E-state index in [4.69, 9.17) is 34.8 Å². The van der Waals surface area contributed by atoms with E-state index in [1.807, 2.05) is 0 Å². The second-order valence-corrected chi connectivity index (χ2v) is 2.23. The average molecular weight is 221 g/mol. The van der Waals surface area contributed by atoms with Crippen LogP contribution in [0.5, 0.6) is 0 Å². The van der Waals surface area contributed by atoms with E-state index in [2.05, 4.69) is 0 Å². The molecule has 0 aliphatic carbocycles. The van der Waals surface area contributed by atoms with Gasteiger partial charge in [0.05, 0.1) is 0 Å². The molecule has 0 N–H and O–H groups in total. The molecule has 8 heteroatoms. The van der Waals surface area contributed by atoms with Crippen LogP contribution >= 0.6 is 34.8 Å². The van der Waals surface area contributed by atoms with Gasteiger partial charge < -0.3 is 16.4 Å². The Morgan fingerprint density at radius 3 is 0.667 bits per heavy atom. The van der Waals surface area contributed by atoms with E-state index in [0.717, 1.165) is 0 Å². The minimum Gasteiger partial charge on any atom is -2.00 e. The fourth-order valence-corrected chi connectivity index (χ4v) is 0. The predicted octanol–water partition coefficient (Wildman–Crippen LogP) is 0.868. The third-order valence-corrected chi connectivity index (χ3v) is 0. The number of hydrogen-bond acceptors (Lipinski definition) is 0. The van der Waals surface area contributed by atoms with Crippen LogP contribution in [0.25, 0.3) is 0 Å². The van der Waals surface area contributed by atoms with Crippen molar-refractivity contribution in [3.63, 3.8) is 0 Å². The van der Waals surface area contributed by atoms with E-state index < -0.39 is 4.30 Å². The Morgan fingerprint density at radius 1 is 0.667 bits per heavy atom. The number of hydrogen-bond donors (Lipinski definition) is 0. The molecule has 0 aliphatic rings. The van der Waals surface area contributed by atoms with Crippen LogP contribution in [-0.2, 0) is 16.4 Å². The molecular formula is CHAl2Cl3O3. The first-order valence-corrected chi connectivity index (χ1v) is 1.96. The predicted molar refractivity (Wildman–Crippen MR) is 34.9 cm³/mol. The Balaban J connectivity index is -0.00000000450. The molecule has 0 aromatic carbocycles. The maximum atomic E-state index is 4.81. The van der Waals surface area contributed by atoms with Crippen molar-refractivity contribution >= 4 is 69.5 Å². The van der Waals surface area contributed by atoms with Gasteiger partial charge in [-0.25, -0.2) is 0 Å². The topological polar surface area (TPSA) is 85.5 Å². The third-order valence-electron chi connectivity index (χ3n) is 0. The summed E-state index contributed by atoms with van der Waals surface area (Å²) < 4.78 is -0.750. The number of rotatable bonds is 0. The second kappa shape index (κ2) is 32.9. The molecule has 0 amide bonds. The second-order valence-electron chi connectivity index (χ2n) is 0.247. The first-order chi connectivity index (χ1) is 1.73. The molecule has 0 aliphatic heterocycles. The van der Waals surface area contributed by atoms with Crippen LogP contribution in [0.15, 0.2) is 0 Å². The monoisotopic (exact) mass is 220 g/mol. The summed E-state index contributed by atoms with van der Waals surface area (Å²) in [7, 11) is 0. The molecule has 0 heterocycles. The minimum absolute atomic E-state index is 0. The van der Waals surface area contributed by atoms with E-state index in [9.17, 15) is 0 Å². The Labute approximate surface area is 89.8 Å². The molecule has 0 radical (unpaired) electrons. The van der Waals surface area contributed by atoms with E-state index in [1.54, 1.807) is 0 Å². The summed E-state index contributed by atoms with van der Waals surface area (Å²) in [5.41, 5.74) is 0. The van der Waals surface area contributed by atoms with Gasteiger partial charge in [-0.2, -0.15) is 0 Å². The van der Waals surface area contributed by atoms with Gasteiger partial charge in [0, 0.05) is 0 Å². The molecule has 0 rings (SSSR count). The van der Waals surface area contributed by atoms with Crippen molar-refractivity contribution in [2.45, 2.75) is 4.30 Å². The molecule has 0 unspecified atom stereocenters. The Bertz CT molecular complexity index is 21.8. The molecule has 0 spiro atoms. The van der Waals surface area contributed by atoms with Crippen molar-refractivity contribution in [3.8, 4) is 0 Å². The molecule has 0 bridgehead atoms. The van der Waals surface area contributed by atoms with Crippen molar-refractivity contribution in [3.05, 3.63) is 0 Å². The summed E-state index contributed by atoms with van der Waals surface area (Å²) in [6.45, 7) is 0. The van der Waals surface area contributed by atoms with Gasteiger partial charge in [0.2, 0.25) is 0 Å². The van der Waals surface area contributed by atoms with Gasteiger partial charge in [0.15, 0.2) is 4.30 Å². The summed E-state index contributed by atoms with van der Waals surface area (Å²) in [6.07, 6.45) is 0. The summed E-state index contributed by atoms with van der Waals surface area (Å²) in [5, 5.41) is 0. The van der Waals surface area contributed by atoms with Crippen LogP contribution in [0, 0.1) is 0 Å². The van der Waals surface area contributed by atoms with Gasteiger partial charge in [-0.15, -0.1) is 0 Å². The number of halogens is 3. The zero-order valence-electron chi connectivity index (χ0n) is 4.09. The van der Waals surface area contributed by atoms with Crippen LogP contribution in [0.3, 0.4) is 0 Å². The van der Waals surface area contributed by atoms with Crippen molar-refractivity contribution < 1.29 is 16.4 Å². The van der Waals surface area contributed by atoms with Crippen LogP contribution in [-0.4, -0.2) is 39.0 Å². The van der Waals surface area contributed by atoms with Crippen LogP contribution < -0.4 is 0 Å². The van der Waals surface area contributed by atoms with Crippen molar-refractivity contribution in [1.82, 2.24) is 0 Å². The smallest absolute Gasteiger partial charge is 2.00 e. The fraction of sp³-hybridized carbons (Fsp3) is 1.00. The van der Waals surface area contributed by atoms with Gasteiger partial charge in [0.25, 0.3) is 0 Å². The fourth-order valence-electron chi connectivity index (χ4n) is 0. The zero-order valence-corrected chi connectivity index (χ0v) is 8.67. The summed E-state index contributed by atoms with van der Waals surface area (Å²) >= 11 is 14.4. The molecule has 0 aromatic heterocycles. The summed E-state index contributed by atoms with van der Waals surface area (Å²) in [5.74, 6) is 0. The summed E-state index contributed by atoms with van der Waals surface area (Å²) in [4.78, 5) is 0. The van der Waals surface area contributed by atoms with Crippen molar-refractivity contribution in [2.24, 2.45) is 0 Å². The Kier molecular flexibility index (Phi) is 164. The molecule has 0 saturated heterocycles. The first-order valence-electron chi connectivity index (χ1n) is 0.655. The molecule has 0 saturated carbocycles. The van der Waals surface area contributed by atoms with E-state index >= 15 is 0 Å². The van der Waals surface area contributed by atoms with Crippen LogP contribution in [0.4, 0.5) is 0 Å². The molecule has 50 valence electrons. The van der Waals surface area contributed by atoms with Gasteiger partial charge >= 0.3 is 34.7 Å². The van der Waals surface area contributed by atoms with E-state index in [1.165, 1.54) is 0 Å². The van der Waals surface area contributed by atoms with E-state index in [-0.39, 0.29) is 51.2 Å². The number of alkyl halides is 3. The third kappa shape index (κ3) is 182. The first kappa shape index (κ1) is 44.9. The molecule has 0 aromatic rings. The quantitative estimate of drug-likeness (QED) is 0.429. The molecule has 9 heavy (non-hydrogen) atoms. The molecule has 0 fully saturated rings. The van der Waals surface area contributed by atoms with Gasteiger partial charge in [0.1, 0.15) is 0 Å². The largest absolute Gasteiger partial charge is 3.00 e. The molecule has 3 nitrogen and oxygen atoms in total. The molecule has 0 atom stereocenters. The van der Waals surface area contributed by atoms with Gasteiger partial charge in [-0.1, -0.05) is 34.8 Å². The van der Waals surface area contributed by atoms with Gasteiger partial charge in [-0.05, 0) is 0 Å². The van der Waals surface area contributed by atoms with Crippen molar-refractivity contribution in [2.75, 3.05) is 0 Å². The standard InChI is InChI=1S/CHCl3.2Al.3O/c2-1(3)4;;;;;/h1H;;;;;/q;2*+3;3*-2. The van der Waals surface area contributed by atoms with Crippen LogP contribution in [0.1, 0.15) is 0 Å². The summed E-state index contributed by atoms with van der Waals surface area (Å²) in [6, 6.07) is 0. The van der Waals surface area contributed by atoms with Gasteiger partial charge in [-0.3, -0.25) is 0 Å². The van der Waals surface area contributed by atoms with Crippen molar-refractivity contribution in [1.29, 1.82) is 0 Å². The molecular weight excluding hydrogens is 220 g/mol. The normalized spacial score (nSPS) is 4.00. The minimum atomic E-state index is -0.750. The maximum absolute atomic E-state index is 4.81. The Morgan fingerprint density at radius 2 is 0.667 bits per heavy atom. The van der Waals surface area contributed by atoms with Crippen LogP contribution in [0.2, 0.25) is 0 Å². The SMILES string of the molecule is ClC(Cl)Cl.[Al+3].[Al+3].[O-2].[O-2].[O-2]. The van der Waals surface area contributed by atoms with E-state index in [0.29, 0.717) is 0 Å². The maximum Gasteiger partial charge on any atom is 3.00 e. The Hall–Kier alpha value is 1.81. The average Bonchev–Trinajstić information content (AvgIpc) is 0.811.